The first-order valence-corrected chi connectivity index (χ1v) is 10.3. The summed E-state index contributed by atoms with van der Waals surface area (Å²) < 4.78 is 34.2. The first-order chi connectivity index (χ1) is 14.5. The zero-order valence-electron chi connectivity index (χ0n) is 15.3. The van der Waals surface area contributed by atoms with Crippen molar-refractivity contribution in [2.24, 2.45) is 0 Å². The topological polar surface area (TPSA) is 120 Å². The average molecular weight is 419 g/mol. The second-order valence-corrected chi connectivity index (χ2v) is 8.08. The van der Waals surface area contributed by atoms with E-state index in [-0.39, 0.29) is 16.2 Å². The van der Waals surface area contributed by atoms with Crippen LogP contribution in [0, 0.1) is 0 Å². The number of hydrogen-bond donors (Lipinski definition) is 1. The molecule has 2 aromatic carbocycles. The van der Waals surface area contributed by atoms with E-state index in [0.717, 1.165) is 11.1 Å². The molecule has 3 aromatic heterocycles. The minimum absolute atomic E-state index is 0.0339. The molecule has 0 spiro atoms. The molecule has 0 bridgehead atoms. The molecule has 0 aliphatic rings. The highest BCUT2D eigenvalue weighted by Crippen LogP contribution is 2.23. The van der Waals surface area contributed by atoms with Gasteiger partial charge in [0.25, 0.3) is 15.9 Å². The van der Waals surface area contributed by atoms with E-state index in [1.54, 1.807) is 53.5 Å². The number of hydrogen-bond acceptors (Lipinski definition) is 7. The summed E-state index contributed by atoms with van der Waals surface area (Å²) in [5.41, 5.74) is 1.37. The Bertz CT molecular complexity index is 1510. The molecule has 1 N–H and O–H groups in total. The molecule has 9 nitrogen and oxygen atoms in total. The predicted molar refractivity (Wildman–Crippen MR) is 108 cm³/mol. The number of carbonyl (C=O) groups is 1. The molecule has 30 heavy (non-hydrogen) atoms. The number of rotatable bonds is 4. The third-order valence-electron chi connectivity index (χ3n) is 4.55. The van der Waals surface area contributed by atoms with E-state index in [9.17, 15) is 13.2 Å². The number of sulfonamides is 1. The molecular formula is C20H13N5O4S. The van der Waals surface area contributed by atoms with Crippen LogP contribution in [0.2, 0.25) is 0 Å². The number of amides is 1. The molecule has 0 aliphatic heterocycles. The molecule has 0 saturated carbocycles. The number of para-hydroxylation sites is 1. The van der Waals surface area contributed by atoms with Gasteiger partial charge in [-0.1, -0.05) is 17.3 Å². The second-order valence-electron chi connectivity index (χ2n) is 6.43. The summed E-state index contributed by atoms with van der Waals surface area (Å²) in [6, 6.07) is 14.9. The van der Waals surface area contributed by atoms with Crippen LogP contribution in [0.15, 0.2) is 82.6 Å². The van der Waals surface area contributed by atoms with Gasteiger partial charge in [-0.15, -0.1) is 0 Å². The Morgan fingerprint density at radius 1 is 1.03 bits per heavy atom. The van der Waals surface area contributed by atoms with Crippen molar-refractivity contribution in [2.75, 3.05) is 0 Å². The molecule has 148 valence electrons. The van der Waals surface area contributed by atoms with Gasteiger partial charge >= 0.3 is 0 Å². The second kappa shape index (κ2) is 6.78. The zero-order chi connectivity index (χ0) is 20.7. The van der Waals surface area contributed by atoms with Gasteiger partial charge in [-0.05, 0) is 42.5 Å². The van der Waals surface area contributed by atoms with Gasteiger partial charge in [0.1, 0.15) is 10.6 Å². The molecule has 0 unspecified atom stereocenters. The maximum absolute atomic E-state index is 12.7. The lowest BCUT2D eigenvalue weighted by Crippen LogP contribution is -2.31. The van der Waals surface area contributed by atoms with Gasteiger partial charge in [0.05, 0.1) is 17.4 Å². The van der Waals surface area contributed by atoms with Crippen molar-refractivity contribution in [2.45, 2.75) is 4.90 Å². The molecule has 3 heterocycles. The van der Waals surface area contributed by atoms with Crippen LogP contribution in [0.1, 0.15) is 10.5 Å². The van der Waals surface area contributed by atoms with Crippen LogP contribution in [0.5, 0.6) is 0 Å². The van der Waals surface area contributed by atoms with Gasteiger partial charge < -0.3 is 4.52 Å². The van der Waals surface area contributed by atoms with Gasteiger partial charge in [0, 0.05) is 23.2 Å². The summed E-state index contributed by atoms with van der Waals surface area (Å²) in [6.07, 6.45) is 4.86. The van der Waals surface area contributed by atoms with Crippen LogP contribution in [0.3, 0.4) is 0 Å². The summed E-state index contributed by atoms with van der Waals surface area (Å²) >= 11 is 0. The van der Waals surface area contributed by atoms with E-state index in [1.807, 2.05) is 10.8 Å². The molecule has 0 fully saturated rings. The number of nitrogens with zero attached hydrogens (tertiary/aromatic N) is 4. The lowest BCUT2D eigenvalue weighted by molar-refractivity contribution is 0.0977. The minimum atomic E-state index is -4.19. The molecule has 0 saturated heterocycles. The smallest absolute Gasteiger partial charge is 0.283 e. The van der Waals surface area contributed by atoms with Crippen molar-refractivity contribution in [3.05, 3.63) is 78.9 Å². The molecule has 0 aliphatic carbocycles. The highest BCUT2D eigenvalue weighted by molar-refractivity contribution is 7.90. The first-order valence-electron chi connectivity index (χ1n) is 8.83. The fraction of sp³-hybridized carbons (Fsp3) is 0. The quantitative estimate of drug-likeness (QED) is 0.475. The van der Waals surface area contributed by atoms with E-state index in [4.69, 9.17) is 4.52 Å². The highest BCUT2D eigenvalue weighted by atomic mass is 32.2. The van der Waals surface area contributed by atoms with Crippen molar-refractivity contribution >= 4 is 37.8 Å². The van der Waals surface area contributed by atoms with Crippen LogP contribution < -0.4 is 4.72 Å². The van der Waals surface area contributed by atoms with Gasteiger partial charge in [0.15, 0.2) is 5.58 Å². The van der Waals surface area contributed by atoms with Crippen molar-refractivity contribution < 1.29 is 17.7 Å². The summed E-state index contributed by atoms with van der Waals surface area (Å²) in [5.74, 6) is -0.849. The van der Waals surface area contributed by atoms with E-state index in [0.29, 0.717) is 10.9 Å². The lowest BCUT2D eigenvalue weighted by atomic mass is 10.1. The number of fused-ring (bicyclic) bond motifs is 2. The van der Waals surface area contributed by atoms with Crippen LogP contribution in [-0.4, -0.2) is 34.2 Å². The molecule has 1 amide bonds. The maximum Gasteiger partial charge on any atom is 0.283 e. The molecular weight excluding hydrogens is 406 g/mol. The Morgan fingerprint density at radius 2 is 1.90 bits per heavy atom. The number of aromatic nitrogens is 4. The van der Waals surface area contributed by atoms with Crippen LogP contribution in [-0.2, 0) is 10.0 Å². The Balaban J connectivity index is 1.50. The van der Waals surface area contributed by atoms with Gasteiger partial charge in [-0.2, -0.15) is 5.10 Å². The summed E-state index contributed by atoms with van der Waals surface area (Å²) in [6.45, 7) is 0. The van der Waals surface area contributed by atoms with E-state index >= 15 is 0 Å². The monoisotopic (exact) mass is 419 g/mol. The lowest BCUT2D eigenvalue weighted by Gasteiger charge is -2.09. The molecule has 5 aromatic rings. The third-order valence-corrected chi connectivity index (χ3v) is 5.91. The van der Waals surface area contributed by atoms with E-state index in [2.05, 4.69) is 15.2 Å². The third kappa shape index (κ3) is 2.99. The molecule has 5 rings (SSSR count). The van der Waals surface area contributed by atoms with Gasteiger partial charge in [-0.25, -0.2) is 22.8 Å². The number of nitrogens with one attached hydrogen (secondary N) is 1. The normalized spacial score (nSPS) is 11.7. The zero-order valence-corrected chi connectivity index (χ0v) is 16.1. The summed E-state index contributed by atoms with van der Waals surface area (Å²) in [5, 5.41) is 9.10. The minimum Gasteiger partial charge on any atom is -0.355 e. The molecule has 0 radical (unpaired) electrons. The molecule has 10 heteroatoms. The highest BCUT2D eigenvalue weighted by Gasteiger charge is 2.24. The van der Waals surface area contributed by atoms with E-state index < -0.39 is 15.9 Å². The van der Waals surface area contributed by atoms with Gasteiger partial charge in [0.2, 0.25) is 0 Å². The SMILES string of the molecule is O=C(NS(=O)(=O)c1cccc2cnoc12)c1ccc2c(-n3cccn3)cccc2n1. The van der Waals surface area contributed by atoms with Crippen LogP contribution in [0.4, 0.5) is 0 Å². The number of benzene rings is 2. The Morgan fingerprint density at radius 3 is 2.73 bits per heavy atom. The maximum atomic E-state index is 12.7. The Labute approximate surface area is 170 Å². The largest absolute Gasteiger partial charge is 0.355 e. The van der Waals surface area contributed by atoms with Gasteiger partial charge in [-0.3, -0.25) is 4.79 Å². The van der Waals surface area contributed by atoms with Crippen molar-refractivity contribution in [3.63, 3.8) is 0 Å². The average Bonchev–Trinajstić information content (AvgIpc) is 3.44. The molecule has 0 atom stereocenters. The number of carbonyl (C=O) groups excluding carboxylic acids is 1. The van der Waals surface area contributed by atoms with Crippen LogP contribution >= 0.6 is 0 Å². The first kappa shape index (κ1) is 18.0. The number of pyridine rings is 1. The Hall–Kier alpha value is -4.05. The van der Waals surface area contributed by atoms with E-state index in [1.165, 1.54) is 18.3 Å². The summed E-state index contributed by atoms with van der Waals surface area (Å²) in [4.78, 5) is 16.8. The van der Waals surface area contributed by atoms with Crippen molar-refractivity contribution in [1.29, 1.82) is 0 Å². The van der Waals surface area contributed by atoms with Crippen molar-refractivity contribution in [3.8, 4) is 5.69 Å². The summed E-state index contributed by atoms with van der Waals surface area (Å²) in [7, 11) is -4.19. The standard InChI is InChI=1S/C20H13N5O4S/c26-20(24-30(27,28)18-7-1-4-13-12-22-29-19(13)18)16-9-8-14-15(23-16)5-2-6-17(14)25-11-3-10-21-25/h1-12H,(H,24,26). The van der Waals surface area contributed by atoms with Crippen LogP contribution in [0.25, 0.3) is 27.6 Å². The predicted octanol–water partition coefficient (Wildman–Crippen LogP) is 2.68. The fourth-order valence-electron chi connectivity index (χ4n) is 3.19. The Kier molecular flexibility index (Phi) is 4.07. The van der Waals surface area contributed by atoms with Crippen molar-refractivity contribution in [1.82, 2.24) is 24.6 Å². The fourth-order valence-corrected chi connectivity index (χ4v) is 4.30.